The van der Waals surface area contributed by atoms with Crippen molar-refractivity contribution in [3.8, 4) is 0 Å². The maximum atomic E-state index is 14.7. The van der Waals surface area contributed by atoms with E-state index in [1.165, 1.54) is 0 Å². The second-order valence-electron chi connectivity index (χ2n) is 7.20. The highest BCUT2D eigenvalue weighted by Crippen LogP contribution is 2.89. The molecule has 0 aromatic carbocycles. The molecule has 0 amide bonds. The van der Waals surface area contributed by atoms with Crippen molar-refractivity contribution in [2.45, 2.75) is 53.2 Å². The second kappa shape index (κ2) is 5.72. The highest BCUT2D eigenvalue weighted by molar-refractivity contribution is 5.85. The minimum atomic E-state index is -7.99. The van der Waals surface area contributed by atoms with Gasteiger partial charge in [-0.05, 0) is 0 Å². The van der Waals surface area contributed by atoms with E-state index in [9.17, 15) is 79.4 Å². The van der Waals surface area contributed by atoms with Gasteiger partial charge in [0.2, 0.25) is 0 Å². The van der Waals surface area contributed by atoms with Crippen molar-refractivity contribution in [3.05, 3.63) is 0 Å². The first kappa shape index (κ1) is 25.9. The van der Waals surface area contributed by atoms with E-state index in [4.69, 9.17) is 0 Å². The Balaban J connectivity index is 2.54. The first-order valence-corrected chi connectivity index (χ1v) is 7.76. The largest absolute Gasteiger partial charge is 0.539 e. The fourth-order valence-electron chi connectivity index (χ4n) is 4.57. The summed E-state index contributed by atoms with van der Waals surface area (Å²) in [6, 6.07) is 0. The Morgan fingerprint density at radius 1 is 0.667 bits per heavy atom. The molecule has 0 saturated heterocycles. The van der Waals surface area contributed by atoms with Gasteiger partial charge in [-0.3, -0.25) is 9.53 Å². The number of carbonyl (C=O) groups excluding carboxylic acids is 1. The van der Waals surface area contributed by atoms with Crippen LogP contribution in [-0.4, -0.2) is 66.0 Å². The Morgan fingerprint density at radius 2 is 1.03 bits per heavy atom. The molecule has 192 valence electrons. The molecule has 4 aliphatic carbocycles. The summed E-state index contributed by atoms with van der Waals surface area (Å²) < 4.78 is 244. The summed E-state index contributed by atoms with van der Waals surface area (Å²) in [6.07, 6.45) is -6.14. The van der Waals surface area contributed by atoms with Gasteiger partial charge in [-0.15, -0.1) is 8.78 Å². The molecule has 4 aliphatic rings. The Labute approximate surface area is 167 Å². The van der Waals surface area contributed by atoms with Gasteiger partial charge in [0.25, 0.3) is 11.3 Å². The van der Waals surface area contributed by atoms with Crippen molar-refractivity contribution in [3.63, 3.8) is 0 Å². The third-order valence-electron chi connectivity index (χ3n) is 5.92. The normalized spacial score (nSPS) is 42.8. The lowest BCUT2D eigenvalue weighted by Gasteiger charge is -2.72. The summed E-state index contributed by atoms with van der Waals surface area (Å²) in [5.74, 6) is -57.3. The molecular weight excluding hydrogens is 527 g/mol. The molecule has 4 bridgehead atoms. The van der Waals surface area contributed by atoms with E-state index in [0.717, 1.165) is 0 Å². The lowest BCUT2D eigenvalue weighted by molar-refractivity contribution is -0.586. The van der Waals surface area contributed by atoms with Crippen LogP contribution >= 0.6 is 0 Å². The Kier molecular flexibility index (Phi) is 4.48. The predicted molar refractivity (Wildman–Crippen MR) is 61.4 cm³/mol. The Bertz CT molecular complexity index is 855. The zero-order valence-corrected chi connectivity index (χ0v) is 14.4. The van der Waals surface area contributed by atoms with Crippen molar-refractivity contribution in [1.82, 2.24) is 0 Å². The summed E-state index contributed by atoms with van der Waals surface area (Å²) in [5.41, 5.74) is -23.0. The zero-order chi connectivity index (χ0) is 26.3. The third kappa shape index (κ3) is 1.91. The summed E-state index contributed by atoms with van der Waals surface area (Å²) in [4.78, 5) is 11.7. The molecule has 4 rings (SSSR count). The van der Waals surface area contributed by atoms with E-state index < -0.39 is 77.3 Å². The van der Waals surface area contributed by atoms with Crippen LogP contribution in [0.2, 0.25) is 0 Å². The monoisotopic (exact) mass is 530 g/mol. The highest BCUT2D eigenvalue weighted by Gasteiger charge is 3.19. The number of ether oxygens (including phenoxy) is 2. The highest BCUT2D eigenvalue weighted by atomic mass is 19.3. The molecule has 2 unspecified atom stereocenters. The molecule has 4 fully saturated rings. The number of esters is 1. The standard InChI is InChI=1S/C13H3F17O3/c14-1-32-13(29,30)33-3(31)4-5(15,16)2-6(17,18)8(21,10(4,23)24)12(27,28)9(22,7(2,19)20)11(4,25)26/h2H,1H2. The molecule has 0 aromatic rings. The summed E-state index contributed by atoms with van der Waals surface area (Å²) in [7, 11) is 0. The van der Waals surface area contributed by atoms with Gasteiger partial charge >= 0.3 is 53.2 Å². The van der Waals surface area contributed by atoms with Gasteiger partial charge in [0.1, 0.15) is 0 Å². The summed E-state index contributed by atoms with van der Waals surface area (Å²) in [5, 5.41) is 0. The predicted octanol–water partition coefficient (Wildman–Crippen LogP) is 4.90. The van der Waals surface area contributed by atoms with Crippen molar-refractivity contribution in [2.75, 3.05) is 6.86 Å². The Morgan fingerprint density at radius 3 is 1.36 bits per heavy atom. The Hall–Kier alpha value is -1.76. The van der Waals surface area contributed by atoms with Crippen LogP contribution in [0.1, 0.15) is 0 Å². The van der Waals surface area contributed by atoms with Gasteiger partial charge in [0, 0.05) is 0 Å². The maximum absolute atomic E-state index is 14.7. The number of rotatable bonds is 4. The average Bonchev–Trinajstić information content (AvgIpc) is 2.54. The molecule has 2 atom stereocenters. The minimum absolute atomic E-state index is 2.32. The van der Waals surface area contributed by atoms with Crippen LogP contribution in [0.3, 0.4) is 0 Å². The van der Waals surface area contributed by atoms with E-state index in [0.29, 0.717) is 0 Å². The number of hydrogen-bond donors (Lipinski definition) is 0. The quantitative estimate of drug-likeness (QED) is 0.295. The topological polar surface area (TPSA) is 35.5 Å². The van der Waals surface area contributed by atoms with Crippen molar-refractivity contribution in [2.24, 2.45) is 11.3 Å². The summed E-state index contributed by atoms with van der Waals surface area (Å²) >= 11 is 0. The smallest absolute Gasteiger partial charge is 0.376 e. The van der Waals surface area contributed by atoms with E-state index in [1.807, 2.05) is 0 Å². The fraction of sp³-hybridized carbons (Fsp3) is 0.923. The lowest BCUT2D eigenvalue weighted by Crippen LogP contribution is -3.04. The van der Waals surface area contributed by atoms with Crippen LogP contribution < -0.4 is 0 Å². The van der Waals surface area contributed by atoms with Gasteiger partial charge in [-0.25, -0.2) is 57.1 Å². The molecule has 4 saturated carbocycles. The van der Waals surface area contributed by atoms with E-state index in [1.54, 1.807) is 0 Å². The number of alkyl halides is 17. The van der Waals surface area contributed by atoms with E-state index in [2.05, 4.69) is 9.47 Å². The second-order valence-corrected chi connectivity index (χ2v) is 7.20. The van der Waals surface area contributed by atoms with Gasteiger partial charge in [0.05, 0.1) is 0 Å². The first-order valence-electron chi connectivity index (χ1n) is 7.76. The van der Waals surface area contributed by atoms with Gasteiger partial charge in [0.15, 0.2) is 12.8 Å². The number of halogens is 17. The van der Waals surface area contributed by atoms with Crippen LogP contribution in [0.4, 0.5) is 74.6 Å². The molecule has 0 heterocycles. The summed E-state index contributed by atoms with van der Waals surface area (Å²) in [6.45, 7) is -2.81. The van der Waals surface area contributed by atoms with Crippen LogP contribution in [0.5, 0.6) is 0 Å². The lowest BCUT2D eigenvalue weighted by atomic mass is 9.37. The van der Waals surface area contributed by atoms with Crippen LogP contribution in [0, 0.1) is 11.3 Å². The van der Waals surface area contributed by atoms with Gasteiger partial charge in [-0.2, -0.15) is 8.78 Å². The van der Waals surface area contributed by atoms with Crippen molar-refractivity contribution < 1.29 is 88.9 Å². The van der Waals surface area contributed by atoms with E-state index in [-0.39, 0.29) is 0 Å². The van der Waals surface area contributed by atoms with Crippen LogP contribution in [0.15, 0.2) is 0 Å². The molecule has 0 aromatic heterocycles. The number of hydrogen-bond acceptors (Lipinski definition) is 3. The molecule has 0 radical (unpaired) electrons. The van der Waals surface area contributed by atoms with E-state index >= 15 is 0 Å². The molecular formula is C13H3F17O3. The van der Waals surface area contributed by atoms with Gasteiger partial charge < -0.3 is 4.74 Å². The first-order chi connectivity index (χ1) is 14.3. The fourth-order valence-corrected chi connectivity index (χ4v) is 4.57. The third-order valence-corrected chi connectivity index (χ3v) is 5.92. The molecule has 3 nitrogen and oxygen atoms in total. The van der Waals surface area contributed by atoms with Crippen molar-refractivity contribution >= 4 is 5.97 Å². The average molecular weight is 530 g/mol. The molecule has 33 heavy (non-hydrogen) atoms. The number of carbonyl (C=O) groups is 1. The van der Waals surface area contributed by atoms with Gasteiger partial charge in [-0.1, -0.05) is 0 Å². The molecule has 0 spiro atoms. The van der Waals surface area contributed by atoms with Crippen molar-refractivity contribution in [1.29, 1.82) is 0 Å². The minimum Gasteiger partial charge on any atom is -0.376 e. The van der Waals surface area contributed by atoms with Crippen LogP contribution in [0.25, 0.3) is 0 Å². The molecule has 0 N–H and O–H groups in total. The SMILES string of the molecule is O=C(OC(F)(F)OCF)C12C(F)(F)C3C(F)(F)C(F)(C(F)(F)C(F)(C3(F)F)C1(F)F)C2(F)F. The van der Waals surface area contributed by atoms with Crippen LogP contribution in [-0.2, 0) is 14.3 Å². The maximum Gasteiger partial charge on any atom is 0.539 e. The molecule has 0 aliphatic heterocycles. The molecule has 20 heteroatoms. The zero-order valence-electron chi connectivity index (χ0n) is 14.4.